The van der Waals surface area contributed by atoms with Gasteiger partial charge in [0, 0.05) is 0 Å². The van der Waals surface area contributed by atoms with E-state index < -0.39 is 30.2 Å². The number of carbonyl (C=O) groups is 4. The summed E-state index contributed by atoms with van der Waals surface area (Å²) in [5.41, 5.74) is 7.24. The third-order valence-corrected chi connectivity index (χ3v) is 28.4. The van der Waals surface area contributed by atoms with Gasteiger partial charge in [0.05, 0.1) is 0 Å². The molecule has 0 spiro atoms. The van der Waals surface area contributed by atoms with Gasteiger partial charge in [0.2, 0.25) is 0 Å². The van der Waals surface area contributed by atoms with Crippen LogP contribution in [0.3, 0.4) is 0 Å². The van der Waals surface area contributed by atoms with Crippen molar-refractivity contribution in [1.29, 1.82) is 0 Å². The monoisotopic (exact) mass is 876 g/mol. The Morgan fingerprint density at radius 1 is 0.474 bits per heavy atom. The molecule has 2 aliphatic rings. The molecule has 302 valence electrons. The Morgan fingerprint density at radius 3 is 1.28 bits per heavy atom. The van der Waals surface area contributed by atoms with Crippen LogP contribution in [0.5, 0.6) is 0 Å². The van der Waals surface area contributed by atoms with Crippen LogP contribution < -0.4 is 13.4 Å². The van der Waals surface area contributed by atoms with Gasteiger partial charge in [0.1, 0.15) is 0 Å². The first-order chi connectivity index (χ1) is 27.1. The van der Waals surface area contributed by atoms with Crippen LogP contribution >= 0.6 is 0 Å². The summed E-state index contributed by atoms with van der Waals surface area (Å²) < 4.78 is 4.29. The molecule has 4 aromatic rings. The van der Waals surface area contributed by atoms with Gasteiger partial charge >= 0.3 is 347 Å². The van der Waals surface area contributed by atoms with Crippen molar-refractivity contribution in [3.05, 3.63) is 99.1 Å². The molecule has 6 nitrogen and oxygen atoms in total. The second kappa shape index (κ2) is 17.2. The molecule has 2 aliphatic heterocycles. The number of amides is 4. The van der Waals surface area contributed by atoms with E-state index in [1.54, 1.807) is 12.1 Å². The summed E-state index contributed by atoms with van der Waals surface area (Å²) in [5, 5.41) is 0.979. The average Bonchev–Trinajstić information content (AvgIpc) is 3.18. The number of carbonyl (C=O) groups excluding carboxylic acids is 4. The van der Waals surface area contributed by atoms with Crippen LogP contribution in [0.1, 0.15) is 202 Å². The zero-order valence-corrected chi connectivity index (χ0v) is 39.3. The van der Waals surface area contributed by atoms with E-state index in [2.05, 4.69) is 94.4 Å². The number of hydrogen-bond acceptors (Lipinski definition) is 4. The SMILES string of the molecule is CCC[CH2][Sn]([CH2]CCC)([CH2]CCC)[c]1cc2c3c(ccc4c3c1C(=O)N(c1ccc(C(C)C)cc1C(C)C)C4=O)C(=O)N(c1ccc(C(C)C)cc1C(C)C)C2=O. The molecule has 2 heterocycles. The van der Waals surface area contributed by atoms with Gasteiger partial charge < -0.3 is 0 Å². The van der Waals surface area contributed by atoms with Crippen LogP contribution in [0.15, 0.2) is 54.6 Å². The second-order valence-corrected chi connectivity index (χ2v) is 31.1. The fourth-order valence-electron chi connectivity index (χ4n) is 9.35. The molecule has 4 aromatic carbocycles. The average molecular weight is 876 g/mol. The minimum atomic E-state index is -3.59. The van der Waals surface area contributed by atoms with Crippen LogP contribution in [0, 0.1) is 0 Å². The molecule has 0 saturated heterocycles. The number of rotatable bonds is 16. The number of imide groups is 2. The Kier molecular flexibility index (Phi) is 12.9. The fraction of sp³-hybridized carbons (Fsp3) is 0.480. The number of nitrogens with zero attached hydrogens (tertiary/aromatic N) is 2. The van der Waals surface area contributed by atoms with E-state index in [0.717, 1.165) is 77.7 Å². The van der Waals surface area contributed by atoms with Crippen molar-refractivity contribution < 1.29 is 19.2 Å². The van der Waals surface area contributed by atoms with E-state index in [0.29, 0.717) is 44.4 Å². The molecule has 0 aromatic heterocycles. The van der Waals surface area contributed by atoms with Crippen LogP contribution in [-0.4, -0.2) is 42.0 Å². The third-order valence-electron chi connectivity index (χ3n) is 12.8. The van der Waals surface area contributed by atoms with Crippen molar-refractivity contribution in [2.75, 3.05) is 9.80 Å². The third kappa shape index (κ3) is 7.53. The van der Waals surface area contributed by atoms with Gasteiger partial charge in [0.15, 0.2) is 0 Å². The molecular formula is C50H64N2O4Sn. The van der Waals surface area contributed by atoms with Crippen LogP contribution in [0.25, 0.3) is 10.8 Å². The normalized spacial score (nSPS) is 14.5. The first kappa shape index (κ1) is 42.8. The van der Waals surface area contributed by atoms with E-state index in [4.69, 9.17) is 0 Å². The van der Waals surface area contributed by atoms with E-state index in [1.807, 2.05) is 24.3 Å². The van der Waals surface area contributed by atoms with Crippen LogP contribution in [-0.2, 0) is 0 Å². The Balaban J connectivity index is 1.71. The Labute approximate surface area is 345 Å². The summed E-state index contributed by atoms with van der Waals surface area (Å²) in [7, 11) is 0. The Morgan fingerprint density at radius 2 is 0.877 bits per heavy atom. The second-order valence-electron chi connectivity index (χ2n) is 18.0. The predicted octanol–water partition coefficient (Wildman–Crippen LogP) is 13.0. The fourth-order valence-corrected chi connectivity index (χ4v) is 26.1. The van der Waals surface area contributed by atoms with E-state index in [1.165, 1.54) is 9.80 Å². The molecule has 7 heteroatoms. The minimum absolute atomic E-state index is 0.0685. The quantitative estimate of drug-likeness (QED) is 0.0830. The van der Waals surface area contributed by atoms with Gasteiger partial charge in [-0.15, -0.1) is 0 Å². The van der Waals surface area contributed by atoms with Crippen molar-refractivity contribution in [2.45, 2.75) is 152 Å². The van der Waals surface area contributed by atoms with E-state index >= 15 is 14.4 Å². The van der Waals surface area contributed by atoms with Gasteiger partial charge in [-0.3, -0.25) is 0 Å². The van der Waals surface area contributed by atoms with Crippen LogP contribution in [0.2, 0.25) is 13.3 Å². The Hall–Kier alpha value is -3.78. The summed E-state index contributed by atoms with van der Waals surface area (Å²) in [4.78, 5) is 63.6. The molecule has 0 N–H and O–H groups in total. The van der Waals surface area contributed by atoms with Gasteiger partial charge in [0.25, 0.3) is 0 Å². The standard InChI is InChI=1S/C38H37N2O4.3C4H9.Sn/c1-19(2)23-9-15-31(29(17-23)21(5)6)39-35(41)25-11-13-27-34-28(14-12-26(33(25)34)36(39)42)38(44)40(37(27)43)32-16-10-24(20(3)4)18-30(32)22(7)8;3*1-3-4-2;/h9-13,15-22H,1-8H3;3*1,3-4H2,2H3;. The van der Waals surface area contributed by atoms with Gasteiger partial charge in [-0.2, -0.15) is 0 Å². The number of benzene rings is 4. The summed E-state index contributed by atoms with van der Waals surface area (Å²) in [5.74, 6) is -0.777. The molecule has 0 atom stereocenters. The van der Waals surface area contributed by atoms with E-state index in [-0.39, 0.29) is 35.5 Å². The van der Waals surface area contributed by atoms with Crippen molar-refractivity contribution in [3.63, 3.8) is 0 Å². The van der Waals surface area contributed by atoms with Gasteiger partial charge in [-0.1, -0.05) is 0 Å². The molecule has 57 heavy (non-hydrogen) atoms. The maximum atomic E-state index is 15.6. The molecular weight excluding hydrogens is 811 g/mol. The van der Waals surface area contributed by atoms with Crippen LogP contribution in [0.4, 0.5) is 11.4 Å². The molecule has 0 saturated carbocycles. The summed E-state index contributed by atoms with van der Waals surface area (Å²) in [6.07, 6.45) is 6.33. The summed E-state index contributed by atoms with van der Waals surface area (Å²) in [6.45, 7) is 23.7. The zero-order chi connectivity index (χ0) is 41.5. The molecule has 0 radical (unpaired) electrons. The number of anilines is 2. The molecule has 0 aliphatic carbocycles. The first-order valence-electron chi connectivity index (χ1n) is 21.8. The predicted molar refractivity (Wildman–Crippen MR) is 240 cm³/mol. The van der Waals surface area contributed by atoms with Crippen molar-refractivity contribution in [1.82, 2.24) is 0 Å². The summed E-state index contributed by atoms with van der Waals surface area (Å²) >= 11 is -3.59. The molecule has 6 rings (SSSR count). The van der Waals surface area contributed by atoms with E-state index in [9.17, 15) is 4.79 Å². The molecule has 0 unspecified atom stereocenters. The van der Waals surface area contributed by atoms with Crippen molar-refractivity contribution in [3.8, 4) is 0 Å². The van der Waals surface area contributed by atoms with Gasteiger partial charge in [-0.25, -0.2) is 0 Å². The van der Waals surface area contributed by atoms with Crippen molar-refractivity contribution >= 4 is 67.7 Å². The molecule has 0 fully saturated rings. The topological polar surface area (TPSA) is 74.8 Å². The number of hydrogen-bond donors (Lipinski definition) is 0. The number of unbranched alkanes of at least 4 members (excludes halogenated alkanes) is 3. The Bertz CT molecular complexity index is 2210. The van der Waals surface area contributed by atoms with Gasteiger partial charge in [-0.05, 0) is 0 Å². The zero-order valence-electron chi connectivity index (χ0n) is 36.4. The first-order valence-corrected chi connectivity index (χ1v) is 29.3. The molecule has 4 amide bonds. The van der Waals surface area contributed by atoms with Crippen molar-refractivity contribution in [2.24, 2.45) is 0 Å². The molecule has 0 bridgehead atoms. The maximum absolute atomic E-state index is 15.6. The summed E-state index contributed by atoms with van der Waals surface area (Å²) in [6, 6.07) is 17.8.